The molecule has 0 radical (unpaired) electrons. The SMILES string of the molecule is c1cncc(OCc2ccc3cn[nH]c3c2)c1. The van der Waals surface area contributed by atoms with Crippen molar-refractivity contribution in [2.45, 2.75) is 6.61 Å². The number of nitrogens with zero attached hydrogens (tertiary/aromatic N) is 2. The molecule has 3 rings (SSSR count). The third kappa shape index (κ3) is 2.10. The van der Waals surface area contributed by atoms with Crippen LogP contribution >= 0.6 is 0 Å². The van der Waals surface area contributed by atoms with Crippen molar-refractivity contribution in [1.29, 1.82) is 0 Å². The van der Waals surface area contributed by atoms with Crippen molar-refractivity contribution in [2.75, 3.05) is 0 Å². The minimum atomic E-state index is 0.528. The van der Waals surface area contributed by atoms with E-state index >= 15 is 0 Å². The lowest BCUT2D eigenvalue weighted by Gasteiger charge is -2.05. The third-order valence-electron chi connectivity index (χ3n) is 2.55. The normalized spacial score (nSPS) is 10.6. The molecule has 2 heterocycles. The van der Waals surface area contributed by atoms with Crippen molar-refractivity contribution in [3.8, 4) is 5.75 Å². The first kappa shape index (κ1) is 9.84. The number of rotatable bonds is 3. The summed E-state index contributed by atoms with van der Waals surface area (Å²) < 4.78 is 5.62. The Hall–Kier alpha value is -2.36. The number of aromatic amines is 1. The number of pyridine rings is 1. The zero-order valence-corrected chi connectivity index (χ0v) is 9.13. The van der Waals surface area contributed by atoms with Gasteiger partial charge in [0.25, 0.3) is 0 Å². The minimum Gasteiger partial charge on any atom is -0.487 e. The van der Waals surface area contributed by atoms with Gasteiger partial charge in [0.2, 0.25) is 0 Å². The van der Waals surface area contributed by atoms with E-state index in [1.165, 1.54) is 0 Å². The average Bonchev–Trinajstić information content (AvgIpc) is 2.85. The molecule has 1 N–H and O–H groups in total. The topological polar surface area (TPSA) is 50.8 Å². The van der Waals surface area contributed by atoms with Gasteiger partial charge in [-0.05, 0) is 23.8 Å². The maximum Gasteiger partial charge on any atom is 0.138 e. The van der Waals surface area contributed by atoms with Crippen LogP contribution in [0.2, 0.25) is 0 Å². The lowest BCUT2D eigenvalue weighted by atomic mass is 10.2. The maximum atomic E-state index is 5.62. The highest BCUT2D eigenvalue weighted by Crippen LogP contribution is 2.15. The average molecular weight is 225 g/mol. The summed E-state index contributed by atoms with van der Waals surface area (Å²) in [5.41, 5.74) is 2.13. The van der Waals surface area contributed by atoms with Crippen LogP contribution in [0.3, 0.4) is 0 Å². The number of H-pyrrole nitrogens is 1. The summed E-state index contributed by atoms with van der Waals surface area (Å²) in [6, 6.07) is 9.85. The van der Waals surface area contributed by atoms with Gasteiger partial charge in [-0.25, -0.2) is 0 Å². The number of hydrogen-bond acceptors (Lipinski definition) is 3. The van der Waals surface area contributed by atoms with Gasteiger partial charge >= 0.3 is 0 Å². The van der Waals surface area contributed by atoms with E-state index in [1.807, 2.05) is 30.3 Å². The summed E-state index contributed by atoms with van der Waals surface area (Å²) in [5.74, 6) is 0.775. The van der Waals surface area contributed by atoms with Gasteiger partial charge in [-0.2, -0.15) is 5.10 Å². The molecule has 1 aromatic carbocycles. The van der Waals surface area contributed by atoms with Crippen molar-refractivity contribution in [2.24, 2.45) is 0 Å². The zero-order valence-electron chi connectivity index (χ0n) is 9.13. The molecule has 0 bridgehead atoms. The summed E-state index contributed by atoms with van der Waals surface area (Å²) in [6.07, 6.45) is 5.24. The molecule has 4 nitrogen and oxygen atoms in total. The fraction of sp³-hybridized carbons (Fsp3) is 0.0769. The first-order valence-corrected chi connectivity index (χ1v) is 5.37. The lowest BCUT2D eigenvalue weighted by molar-refractivity contribution is 0.305. The number of hydrogen-bond donors (Lipinski definition) is 1. The van der Waals surface area contributed by atoms with Gasteiger partial charge < -0.3 is 4.74 Å². The second-order valence-electron chi connectivity index (χ2n) is 3.77. The fourth-order valence-electron chi connectivity index (χ4n) is 1.67. The Morgan fingerprint density at radius 2 is 2.18 bits per heavy atom. The van der Waals surface area contributed by atoms with E-state index in [0.29, 0.717) is 6.61 Å². The predicted octanol–water partition coefficient (Wildman–Crippen LogP) is 2.54. The van der Waals surface area contributed by atoms with Crippen LogP contribution in [0.4, 0.5) is 0 Å². The highest BCUT2D eigenvalue weighted by Gasteiger charge is 1.99. The molecule has 0 atom stereocenters. The van der Waals surface area contributed by atoms with E-state index in [-0.39, 0.29) is 0 Å². The summed E-state index contributed by atoms with van der Waals surface area (Å²) in [5, 5.41) is 8.03. The largest absolute Gasteiger partial charge is 0.487 e. The van der Waals surface area contributed by atoms with Crippen molar-refractivity contribution in [3.63, 3.8) is 0 Å². The lowest BCUT2D eigenvalue weighted by Crippen LogP contribution is -1.95. The molecule has 0 aliphatic rings. The minimum absolute atomic E-state index is 0.528. The highest BCUT2D eigenvalue weighted by atomic mass is 16.5. The van der Waals surface area contributed by atoms with Gasteiger partial charge in [0, 0.05) is 11.6 Å². The molecule has 0 spiro atoms. The second kappa shape index (κ2) is 4.25. The summed E-state index contributed by atoms with van der Waals surface area (Å²) >= 11 is 0. The Balaban J connectivity index is 1.76. The maximum absolute atomic E-state index is 5.62. The van der Waals surface area contributed by atoms with E-state index in [2.05, 4.69) is 15.2 Å². The van der Waals surface area contributed by atoms with E-state index < -0.39 is 0 Å². The molecule has 0 fully saturated rings. The molecule has 0 aliphatic carbocycles. The van der Waals surface area contributed by atoms with Crippen LogP contribution in [0.25, 0.3) is 10.9 Å². The quantitative estimate of drug-likeness (QED) is 0.745. The van der Waals surface area contributed by atoms with Crippen LogP contribution < -0.4 is 4.74 Å². The van der Waals surface area contributed by atoms with E-state index in [1.54, 1.807) is 18.6 Å². The van der Waals surface area contributed by atoms with Gasteiger partial charge in [0.15, 0.2) is 0 Å². The van der Waals surface area contributed by atoms with Gasteiger partial charge in [0.1, 0.15) is 12.4 Å². The van der Waals surface area contributed by atoms with E-state index in [0.717, 1.165) is 22.2 Å². The Labute approximate surface area is 98.3 Å². The molecule has 0 aliphatic heterocycles. The van der Waals surface area contributed by atoms with Crippen molar-refractivity contribution < 1.29 is 4.74 Å². The summed E-state index contributed by atoms with van der Waals surface area (Å²) in [6.45, 7) is 0.528. The zero-order chi connectivity index (χ0) is 11.5. The van der Waals surface area contributed by atoms with Crippen LogP contribution in [0, 0.1) is 0 Å². The van der Waals surface area contributed by atoms with Crippen LogP contribution in [-0.4, -0.2) is 15.2 Å². The molecule has 4 heteroatoms. The predicted molar refractivity (Wildman–Crippen MR) is 64.7 cm³/mol. The van der Waals surface area contributed by atoms with Gasteiger partial charge in [-0.1, -0.05) is 12.1 Å². The number of nitrogens with one attached hydrogen (secondary N) is 1. The standard InChI is InChI=1S/C13H11N3O/c1-2-12(8-14-5-1)17-9-10-3-4-11-7-15-16-13(11)6-10/h1-8H,9H2,(H,15,16). The summed E-state index contributed by atoms with van der Waals surface area (Å²) in [7, 11) is 0. The van der Waals surface area contributed by atoms with Crippen molar-refractivity contribution >= 4 is 10.9 Å². The number of fused-ring (bicyclic) bond motifs is 1. The highest BCUT2D eigenvalue weighted by molar-refractivity contribution is 5.78. The van der Waals surface area contributed by atoms with Crippen LogP contribution in [0.1, 0.15) is 5.56 Å². The molecular weight excluding hydrogens is 214 g/mol. The Morgan fingerprint density at radius 3 is 3.06 bits per heavy atom. The third-order valence-corrected chi connectivity index (χ3v) is 2.55. The summed E-state index contributed by atoms with van der Waals surface area (Å²) in [4.78, 5) is 4.00. The van der Waals surface area contributed by atoms with Crippen LogP contribution in [0.5, 0.6) is 5.75 Å². The van der Waals surface area contributed by atoms with Gasteiger partial charge in [-0.3, -0.25) is 10.1 Å². The van der Waals surface area contributed by atoms with Crippen LogP contribution in [0.15, 0.2) is 48.9 Å². The number of aromatic nitrogens is 3. The van der Waals surface area contributed by atoms with E-state index in [9.17, 15) is 0 Å². The van der Waals surface area contributed by atoms with E-state index in [4.69, 9.17) is 4.74 Å². The Kier molecular flexibility index (Phi) is 2.46. The molecule has 0 saturated heterocycles. The molecular formula is C13H11N3O. The number of benzene rings is 1. The first-order chi connectivity index (χ1) is 8.42. The van der Waals surface area contributed by atoms with Gasteiger partial charge in [0.05, 0.1) is 17.9 Å². The van der Waals surface area contributed by atoms with Crippen LogP contribution in [-0.2, 0) is 6.61 Å². The second-order valence-corrected chi connectivity index (χ2v) is 3.77. The molecule has 84 valence electrons. The molecule has 0 unspecified atom stereocenters. The Bertz CT molecular complexity index is 619. The molecule has 0 saturated carbocycles. The molecule has 2 aromatic heterocycles. The van der Waals surface area contributed by atoms with Crippen molar-refractivity contribution in [3.05, 3.63) is 54.5 Å². The molecule has 0 amide bonds. The monoisotopic (exact) mass is 225 g/mol. The molecule has 17 heavy (non-hydrogen) atoms. The smallest absolute Gasteiger partial charge is 0.138 e. The Morgan fingerprint density at radius 1 is 1.18 bits per heavy atom. The first-order valence-electron chi connectivity index (χ1n) is 5.37. The fourth-order valence-corrected chi connectivity index (χ4v) is 1.67. The molecule has 3 aromatic rings. The van der Waals surface area contributed by atoms with Gasteiger partial charge in [-0.15, -0.1) is 0 Å². The van der Waals surface area contributed by atoms with Crippen molar-refractivity contribution in [1.82, 2.24) is 15.2 Å². The number of ether oxygens (including phenoxy) is 1.